The van der Waals surface area contributed by atoms with Crippen LogP contribution in [0.5, 0.6) is 0 Å². The predicted molar refractivity (Wildman–Crippen MR) is 110 cm³/mol. The number of likely N-dealkylation sites (tertiary alicyclic amines) is 1. The average Bonchev–Trinajstić information content (AvgIpc) is 3.55. The van der Waals surface area contributed by atoms with E-state index in [1.807, 2.05) is 19.1 Å². The number of carbonyl (C=O) groups is 4. The first-order valence-corrected chi connectivity index (χ1v) is 10.6. The van der Waals surface area contributed by atoms with Crippen molar-refractivity contribution in [2.75, 3.05) is 13.2 Å². The number of esters is 1. The fourth-order valence-electron chi connectivity index (χ4n) is 5.37. The maximum absolute atomic E-state index is 12.7. The number of aromatic nitrogens is 2. The number of hydrogen-bond acceptors (Lipinski definition) is 7. The number of hydrogen-bond donors (Lipinski definition) is 0. The standard InChI is InChI=1S/C23H23N3O6/c1-11-6-16(13(3)26(11)18-7-12(2)32-24-18)17(27)10-31-19(28)9-25-22(29)20-14-4-5-15(8-14)21(20)23(25)30/h4-7,14-15,20-21H,8-10H2,1-3H3. The van der Waals surface area contributed by atoms with E-state index >= 15 is 0 Å². The molecule has 0 aromatic carbocycles. The van der Waals surface area contributed by atoms with E-state index in [0.29, 0.717) is 22.8 Å². The van der Waals surface area contributed by atoms with Crippen LogP contribution in [0.3, 0.4) is 0 Å². The van der Waals surface area contributed by atoms with E-state index < -0.39 is 19.1 Å². The lowest BCUT2D eigenvalue weighted by Gasteiger charge is -2.16. The Morgan fingerprint density at radius 1 is 1.09 bits per heavy atom. The predicted octanol–water partition coefficient (Wildman–Crippen LogP) is 1.92. The number of carbonyl (C=O) groups excluding carboxylic acids is 4. The van der Waals surface area contributed by atoms with E-state index in [0.717, 1.165) is 17.0 Å². The quantitative estimate of drug-likeness (QED) is 0.294. The summed E-state index contributed by atoms with van der Waals surface area (Å²) in [7, 11) is 0. The molecule has 2 amide bonds. The molecule has 2 aromatic heterocycles. The van der Waals surface area contributed by atoms with Gasteiger partial charge in [0.2, 0.25) is 17.6 Å². The average molecular weight is 437 g/mol. The molecule has 4 atom stereocenters. The largest absolute Gasteiger partial charge is 0.456 e. The lowest BCUT2D eigenvalue weighted by Crippen LogP contribution is -2.38. The van der Waals surface area contributed by atoms with Gasteiger partial charge in [-0.05, 0) is 45.1 Å². The summed E-state index contributed by atoms with van der Waals surface area (Å²) in [4.78, 5) is 51.4. The molecule has 1 aliphatic heterocycles. The van der Waals surface area contributed by atoms with Crippen LogP contribution in [0.15, 0.2) is 28.8 Å². The molecule has 4 unspecified atom stereocenters. The van der Waals surface area contributed by atoms with E-state index in [-0.39, 0.29) is 41.3 Å². The molecule has 2 fully saturated rings. The molecule has 1 saturated carbocycles. The van der Waals surface area contributed by atoms with Crippen LogP contribution in [0.4, 0.5) is 0 Å². The molecule has 3 heterocycles. The molecule has 2 bridgehead atoms. The monoisotopic (exact) mass is 437 g/mol. The number of amides is 2. The van der Waals surface area contributed by atoms with E-state index in [1.165, 1.54) is 0 Å². The van der Waals surface area contributed by atoms with Crippen molar-refractivity contribution >= 4 is 23.6 Å². The number of Topliss-reactive ketones (excluding diaryl/α,β-unsaturated/α-hetero) is 1. The smallest absolute Gasteiger partial charge is 0.326 e. The Bertz CT molecular complexity index is 1160. The highest BCUT2D eigenvalue weighted by molar-refractivity contribution is 6.08. The Balaban J connectivity index is 1.22. The summed E-state index contributed by atoms with van der Waals surface area (Å²) in [5.41, 5.74) is 1.84. The van der Waals surface area contributed by atoms with E-state index in [2.05, 4.69) is 5.16 Å². The van der Waals surface area contributed by atoms with Gasteiger partial charge in [-0.2, -0.15) is 0 Å². The summed E-state index contributed by atoms with van der Waals surface area (Å²) in [6.07, 6.45) is 4.81. The number of aryl methyl sites for hydroxylation is 2. The van der Waals surface area contributed by atoms with Crippen molar-refractivity contribution in [2.45, 2.75) is 27.2 Å². The fourth-order valence-corrected chi connectivity index (χ4v) is 5.37. The number of ketones is 1. The van der Waals surface area contributed by atoms with Gasteiger partial charge in [0.05, 0.1) is 11.8 Å². The molecule has 3 aliphatic rings. The molecule has 0 N–H and O–H groups in total. The van der Waals surface area contributed by atoms with Crippen molar-refractivity contribution < 1.29 is 28.4 Å². The minimum Gasteiger partial charge on any atom is -0.456 e. The number of fused-ring (bicyclic) bond motifs is 5. The number of nitrogens with zero attached hydrogens (tertiary/aromatic N) is 3. The normalized spacial score (nSPS) is 25.7. The Morgan fingerprint density at radius 3 is 2.34 bits per heavy atom. The second kappa shape index (κ2) is 7.29. The van der Waals surface area contributed by atoms with Crippen LogP contribution in [0.25, 0.3) is 5.82 Å². The van der Waals surface area contributed by atoms with Gasteiger partial charge in [0.15, 0.2) is 12.4 Å². The zero-order valence-corrected chi connectivity index (χ0v) is 18.0. The van der Waals surface area contributed by atoms with Gasteiger partial charge < -0.3 is 9.26 Å². The zero-order valence-electron chi connectivity index (χ0n) is 18.0. The molecule has 2 aromatic rings. The van der Waals surface area contributed by atoms with Crippen molar-refractivity contribution in [3.8, 4) is 5.82 Å². The number of allylic oxidation sites excluding steroid dienone is 2. The highest BCUT2D eigenvalue weighted by Crippen LogP contribution is 2.52. The Kier molecular flexibility index (Phi) is 4.65. The Hall–Kier alpha value is -3.49. The number of imide groups is 1. The topological polar surface area (TPSA) is 112 Å². The van der Waals surface area contributed by atoms with Crippen LogP contribution in [0.1, 0.15) is 33.9 Å². The highest BCUT2D eigenvalue weighted by Gasteiger charge is 2.59. The summed E-state index contributed by atoms with van der Waals surface area (Å²) in [5, 5.41) is 3.98. The molecule has 9 heteroatoms. The van der Waals surface area contributed by atoms with Crippen molar-refractivity contribution in [3.63, 3.8) is 0 Å². The lowest BCUT2D eigenvalue weighted by atomic mass is 9.85. The zero-order chi connectivity index (χ0) is 22.7. The van der Waals surface area contributed by atoms with Crippen molar-refractivity contribution in [1.29, 1.82) is 0 Å². The fraction of sp³-hybridized carbons (Fsp3) is 0.435. The highest BCUT2D eigenvalue weighted by atomic mass is 16.5. The molecule has 32 heavy (non-hydrogen) atoms. The van der Waals surface area contributed by atoms with Gasteiger partial charge in [0.1, 0.15) is 12.3 Å². The molecule has 5 rings (SSSR count). The number of rotatable bonds is 6. The molecule has 166 valence electrons. The van der Waals surface area contributed by atoms with Gasteiger partial charge in [0, 0.05) is 23.0 Å². The third-order valence-electron chi connectivity index (χ3n) is 6.79. The minimum absolute atomic E-state index is 0.0767. The van der Waals surface area contributed by atoms with Gasteiger partial charge >= 0.3 is 5.97 Å². The maximum atomic E-state index is 12.7. The van der Waals surface area contributed by atoms with Crippen molar-refractivity contribution in [2.24, 2.45) is 23.7 Å². The van der Waals surface area contributed by atoms with Gasteiger partial charge in [-0.25, -0.2) is 0 Å². The molecule has 2 aliphatic carbocycles. The molecule has 0 radical (unpaired) electrons. The lowest BCUT2D eigenvalue weighted by molar-refractivity contribution is -0.152. The molecule has 9 nitrogen and oxygen atoms in total. The first-order valence-electron chi connectivity index (χ1n) is 10.6. The third-order valence-corrected chi connectivity index (χ3v) is 6.79. The van der Waals surface area contributed by atoms with E-state index in [4.69, 9.17) is 9.26 Å². The Labute approximate surface area is 184 Å². The molecule has 0 spiro atoms. The third kappa shape index (κ3) is 3.03. The van der Waals surface area contributed by atoms with Crippen molar-refractivity contribution in [3.05, 3.63) is 47.0 Å². The van der Waals surface area contributed by atoms with Gasteiger partial charge in [-0.15, -0.1) is 0 Å². The minimum atomic E-state index is -0.777. The van der Waals surface area contributed by atoms with E-state index in [1.54, 1.807) is 30.5 Å². The van der Waals surface area contributed by atoms with Crippen molar-refractivity contribution in [1.82, 2.24) is 14.6 Å². The van der Waals surface area contributed by atoms with Crippen LogP contribution in [0, 0.1) is 44.4 Å². The Morgan fingerprint density at radius 2 is 1.75 bits per heavy atom. The maximum Gasteiger partial charge on any atom is 0.326 e. The van der Waals surface area contributed by atoms with Crippen LogP contribution < -0.4 is 0 Å². The summed E-state index contributed by atoms with van der Waals surface area (Å²) >= 11 is 0. The molecular weight excluding hydrogens is 414 g/mol. The summed E-state index contributed by atoms with van der Waals surface area (Å²) in [6, 6.07) is 3.46. The van der Waals surface area contributed by atoms with Crippen LogP contribution >= 0.6 is 0 Å². The second-order valence-electron chi connectivity index (χ2n) is 8.76. The van der Waals surface area contributed by atoms with Crippen LogP contribution in [-0.4, -0.2) is 51.3 Å². The van der Waals surface area contributed by atoms with Crippen LogP contribution in [0.2, 0.25) is 0 Å². The SMILES string of the molecule is Cc1cc(-n2c(C)cc(C(=O)COC(=O)CN3C(=O)C4C5C=CC(C5)C4C3=O)c2C)no1. The summed E-state index contributed by atoms with van der Waals surface area (Å²) < 4.78 is 12.0. The van der Waals surface area contributed by atoms with E-state index in [9.17, 15) is 19.2 Å². The van der Waals surface area contributed by atoms with Crippen LogP contribution in [-0.2, 0) is 19.1 Å². The second-order valence-corrected chi connectivity index (χ2v) is 8.76. The first-order chi connectivity index (χ1) is 15.3. The number of ether oxygens (including phenoxy) is 1. The van der Waals surface area contributed by atoms with Gasteiger partial charge in [-0.1, -0.05) is 17.3 Å². The first kappa shape index (κ1) is 20.4. The summed E-state index contributed by atoms with van der Waals surface area (Å²) in [6.45, 7) is 4.45. The molecular formula is C23H23N3O6. The molecule has 1 saturated heterocycles. The summed E-state index contributed by atoms with van der Waals surface area (Å²) in [5.74, 6) is -1.15. The van der Waals surface area contributed by atoms with Gasteiger partial charge in [-0.3, -0.25) is 28.6 Å². The van der Waals surface area contributed by atoms with Gasteiger partial charge in [0.25, 0.3) is 0 Å².